The smallest absolute Gasteiger partial charge is 0.365 e. The molecule has 1 fully saturated rings. The normalized spacial score (nSPS) is 14.7. The van der Waals surface area contributed by atoms with Crippen molar-refractivity contribution in [2.24, 2.45) is 5.41 Å². The maximum absolute atomic E-state index is 13.7. The maximum atomic E-state index is 13.7. The van der Waals surface area contributed by atoms with Crippen LogP contribution in [-0.2, 0) is 22.7 Å². The van der Waals surface area contributed by atoms with Gasteiger partial charge in [-0.3, -0.25) is 9.10 Å². The minimum atomic E-state index is -4.74. The van der Waals surface area contributed by atoms with Crippen LogP contribution in [0, 0.1) is 5.41 Å². The van der Waals surface area contributed by atoms with Crippen LogP contribution < -0.4 is 20.3 Å². The minimum absolute atomic E-state index is 0.0735. The second-order valence-electron chi connectivity index (χ2n) is 10.1. The maximum Gasteiger partial charge on any atom is 0.421 e. The summed E-state index contributed by atoms with van der Waals surface area (Å²) in [4.78, 5) is 24.4. The number of amides is 1. The number of carbonyl (C=O) groups excluding carboxylic acids is 1. The average Bonchev–Trinajstić information content (AvgIpc) is 2.88. The van der Waals surface area contributed by atoms with Crippen molar-refractivity contribution >= 4 is 39.2 Å². The predicted molar refractivity (Wildman–Crippen MR) is 146 cm³/mol. The van der Waals surface area contributed by atoms with E-state index in [1.54, 1.807) is 36.4 Å². The van der Waals surface area contributed by atoms with Gasteiger partial charge in [0.25, 0.3) is 5.91 Å². The van der Waals surface area contributed by atoms with Gasteiger partial charge in [0.15, 0.2) is 0 Å². The summed E-state index contributed by atoms with van der Waals surface area (Å²) < 4.78 is 66.0. The molecule has 10 nitrogen and oxygen atoms in total. The molecular weight excluding hydrogens is 547 g/mol. The molecule has 1 aliphatic carbocycles. The lowest BCUT2D eigenvalue weighted by Crippen LogP contribution is -2.39. The highest BCUT2D eigenvalue weighted by Crippen LogP contribution is 2.39. The number of sulfonamides is 1. The average molecular weight is 578 g/mol. The van der Waals surface area contributed by atoms with E-state index in [2.05, 4.69) is 37.8 Å². The lowest BCUT2D eigenvalue weighted by molar-refractivity contribution is -0.137. The lowest BCUT2D eigenvalue weighted by Gasteiger charge is -2.38. The van der Waals surface area contributed by atoms with E-state index < -0.39 is 27.6 Å². The Hall–Kier alpha value is -3.94. The fraction of sp³-hybridized carbons (Fsp3) is 0.385. The molecule has 1 aliphatic rings. The molecule has 0 spiro atoms. The summed E-state index contributed by atoms with van der Waals surface area (Å²) in [7, 11) is -2.34. The fourth-order valence-corrected chi connectivity index (χ4v) is 4.64. The van der Waals surface area contributed by atoms with Crippen molar-refractivity contribution in [1.29, 1.82) is 0 Å². The number of nitrogens with zero attached hydrogens (tertiary/aromatic N) is 4. The number of aromatic nitrogens is 3. The van der Waals surface area contributed by atoms with Gasteiger partial charge < -0.3 is 16.0 Å². The highest BCUT2D eigenvalue weighted by atomic mass is 32.2. The van der Waals surface area contributed by atoms with Gasteiger partial charge in [-0.1, -0.05) is 19.4 Å². The molecule has 1 amide bonds. The molecular formula is C26H30F3N7O3S. The van der Waals surface area contributed by atoms with E-state index in [-0.39, 0.29) is 29.6 Å². The number of pyridine rings is 1. The fourth-order valence-electron chi connectivity index (χ4n) is 4.16. The van der Waals surface area contributed by atoms with Gasteiger partial charge in [-0.05, 0) is 48.6 Å². The number of halogens is 3. The van der Waals surface area contributed by atoms with Crippen LogP contribution in [0.4, 0.5) is 36.4 Å². The number of rotatable bonds is 10. The molecule has 14 heteroatoms. The molecule has 4 rings (SSSR count). The van der Waals surface area contributed by atoms with Crippen LogP contribution in [0.25, 0.3) is 0 Å². The van der Waals surface area contributed by atoms with E-state index in [0.29, 0.717) is 29.6 Å². The van der Waals surface area contributed by atoms with Crippen LogP contribution in [0.15, 0.2) is 48.8 Å². The molecule has 1 aromatic carbocycles. The molecule has 2 aromatic heterocycles. The molecule has 0 atom stereocenters. The topological polar surface area (TPSA) is 129 Å². The zero-order valence-corrected chi connectivity index (χ0v) is 23.0. The van der Waals surface area contributed by atoms with E-state index >= 15 is 0 Å². The molecule has 0 saturated heterocycles. The van der Waals surface area contributed by atoms with Crippen LogP contribution >= 0.6 is 0 Å². The van der Waals surface area contributed by atoms with Crippen molar-refractivity contribution in [3.05, 3.63) is 65.5 Å². The van der Waals surface area contributed by atoms with Gasteiger partial charge >= 0.3 is 6.18 Å². The summed E-state index contributed by atoms with van der Waals surface area (Å²) >= 11 is 0. The Kier molecular flexibility index (Phi) is 8.19. The van der Waals surface area contributed by atoms with E-state index in [4.69, 9.17) is 0 Å². The molecule has 2 heterocycles. The van der Waals surface area contributed by atoms with Crippen molar-refractivity contribution in [3.63, 3.8) is 0 Å². The number of hydrogen-bond acceptors (Lipinski definition) is 8. The largest absolute Gasteiger partial charge is 0.421 e. The van der Waals surface area contributed by atoms with Gasteiger partial charge in [-0.25, -0.2) is 18.4 Å². The molecule has 0 aliphatic heterocycles. The predicted octanol–water partition coefficient (Wildman–Crippen LogP) is 4.56. The van der Waals surface area contributed by atoms with Crippen molar-refractivity contribution in [1.82, 2.24) is 20.3 Å². The van der Waals surface area contributed by atoms with E-state index in [9.17, 15) is 26.4 Å². The Balaban J connectivity index is 1.49. The Labute approximate surface area is 230 Å². The summed E-state index contributed by atoms with van der Waals surface area (Å²) in [5, 5.41) is 8.44. The first-order chi connectivity index (χ1) is 18.7. The zero-order chi connectivity index (χ0) is 29.1. The summed E-state index contributed by atoms with van der Waals surface area (Å²) in [6.07, 6.45) is 1.64. The molecule has 214 valence electrons. The lowest BCUT2D eigenvalue weighted by atomic mass is 9.70. The second-order valence-corrected chi connectivity index (χ2v) is 12.1. The number of carbonyl (C=O) groups is 1. The van der Waals surface area contributed by atoms with Crippen molar-refractivity contribution in [2.75, 3.05) is 34.8 Å². The van der Waals surface area contributed by atoms with Crippen molar-refractivity contribution in [3.8, 4) is 0 Å². The van der Waals surface area contributed by atoms with Crippen LogP contribution in [0.2, 0.25) is 0 Å². The summed E-state index contributed by atoms with van der Waals surface area (Å²) in [5.41, 5.74) is 0.322. The number of nitrogens with one attached hydrogen (secondary N) is 3. The van der Waals surface area contributed by atoms with Gasteiger partial charge in [0.05, 0.1) is 6.26 Å². The van der Waals surface area contributed by atoms with Crippen LogP contribution in [0.5, 0.6) is 0 Å². The molecule has 1 saturated carbocycles. The van der Waals surface area contributed by atoms with Crippen LogP contribution in [0.3, 0.4) is 0 Å². The molecule has 0 unspecified atom stereocenters. The van der Waals surface area contributed by atoms with Crippen LogP contribution in [0.1, 0.15) is 47.7 Å². The molecule has 0 radical (unpaired) electrons. The Morgan fingerprint density at radius 3 is 2.42 bits per heavy atom. The Morgan fingerprint density at radius 2 is 1.82 bits per heavy atom. The number of anilines is 4. The third kappa shape index (κ3) is 6.97. The summed E-state index contributed by atoms with van der Waals surface area (Å²) in [6, 6.07) is 9.52. The van der Waals surface area contributed by atoms with Gasteiger partial charge in [0.1, 0.15) is 17.2 Å². The molecule has 40 heavy (non-hydrogen) atoms. The first-order valence-electron chi connectivity index (χ1n) is 12.5. The monoisotopic (exact) mass is 577 g/mol. The highest BCUT2D eigenvalue weighted by molar-refractivity contribution is 7.92. The van der Waals surface area contributed by atoms with Gasteiger partial charge in [0, 0.05) is 49.3 Å². The molecule has 3 aromatic rings. The number of benzene rings is 1. The van der Waals surface area contributed by atoms with Gasteiger partial charge in [-0.2, -0.15) is 18.2 Å². The second kappa shape index (κ2) is 11.3. The number of hydrogen-bond donors (Lipinski definition) is 3. The van der Waals surface area contributed by atoms with Crippen molar-refractivity contribution in [2.45, 2.75) is 38.9 Å². The SMILES string of the molecule is CN(c1ncccc1CNc1nc(Nc2ccc(C(=O)NCC3(C)CCC3)cc2)ncc1C(F)(F)F)S(C)(=O)=O. The standard InChI is InChI=1S/C26H30F3N7O3S/c1-25(11-5-12-25)16-33-23(37)17-7-9-19(10-8-17)34-24-32-15-20(26(27,28)29)21(35-24)31-14-18-6-4-13-30-22(18)36(2)40(3,38)39/h4,6-10,13,15H,5,11-12,14,16H2,1-3H3,(H,33,37)(H2,31,32,34,35). The quantitative estimate of drug-likeness (QED) is 0.320. The van der Waals surface area contributed by atoms with Crippen molar-refractivity contribution < 1.29 is 26.4 Å². The molecule has 0 bridgehead atoms. The molecule has 3 N–H and O–H groups in total. The summed E-state index contributed by atoms with van der Waals surface area (Å²) in [6.45, 7) is 2.55. The first kappa shape index (κ1) is 29.1. The zero-order valence-electron chi connectivity index (χ0n) is 22.2. The van der Waals surface area contributed by atoms with E-state index in [1.165, 1.54) is 19.7 Å². The Morgan fingerprint density at radius 1 is 1.12 bits per heavy atom. The number of alkyl halides is 3. The van der Waals surface area contributed by atoms with E-state index in [0.717, 1.165) is 23.4 Å². The van der Waals surface area contributed by atoms with Crippen LogP contribution in [-0.4, -0.2) is 49.1 Å². The first-order valence-corrected chi connectivity index (χ1v) is 14.3. The summed E-state index contributed by atoms with van der Waals surface area (Å²) in [5.74, 6) is -0.731. The highest BCUT2D eigenvalue weighted by Gasteiger charge is 2.35. The third-order valence-corrected chi connectivity index (χ3v) is 8.01. The van der Waals surface area contributed by atoms with E-state index in [1.807, 2.05) is 0 Å². The Bertz CT molecular complexity index is 1480. The minimum Gasteiger partial charge on any atom is -0.365 e. The van der Waals surface area contributed by atoms with Gasteiger partial charge in [0.2, 0.25) is 16.0 Å². The van der Waals surface area contributed by atoms with Gasteiger partial charge in [-0.15, -0.1) is 0 Å². The third-order valence-electron chi connectivity index (χ3n) is 6.84.